The molecule has 0 bridgehead atoms. The molecule has 8 nitrogen and oxygen atoms in total. The lowest BCUT2D eigenvalue weighted by Crippen LogP contribution is -2.47. The average molecular weight is 789 g/mol. The Hall–Kier alpha value is -4.73. The molecule has 0 atom stereocenters. The van der Waals surface area contributed by atoms with Gasteiger partial charge in [0.05, 0.1) is 17.3 Å². The molecule has 1 saturated heterocycles. The van der Waals surface area contributed by atoms with Crippen molar-refractivity contribution in [3.63, 3.8) is 0 Å². The maximum atomic E-state index is 13.1. The molecule has 0 unspecified atom stereocenters. The fraction of sp³-hybridized carbons (Fsp3) is 0.256. The zero-order chi connectivity index (χ0) is 37.2. The van der Waals surface area contributed by atoms with Gasteiger partial charge in [-0.1, -0.05) is 65.7 Å². The van der Waals surface area contributed by atoms with Gasteiger partial charge in [0.15, 0.2) is 5.75 Å². The van der Waals surface area contributed by atoms with Gasteiger partial charge >= 0.3 is 0 Å². The molecule has 4 aromatic carbocycles. The molecule has 0 N–H and O–H groups in total. The molecule has 1 aliphatic heterocycles. The van der Waals surface area contributed by atoms with Gasteiger partial charge in [0.2, 0.25) is 11.8 Å². The Bertz CT molecular complexity index is 1970. The van der Waals surface area contributed by atoms with E-state index in [2.05, 4.69) is 34.1 Å². The molecule has 0 aliphatic carbocycles. The number of benzene rings is 4. The Labute approximate surface area is 333 Å². The highest BCUT2D eigenvalue weighted by Crippen LogP contribution is 2.34. The number of nitrogens with zero attached hydrogens (tertiary/aromatic N) is 3. The van der Waals surface area contributed by atoms with Crippen LogP contribution in [0.4, 0.5) is 0 Å². The Morgan fingerprint density at radius 2 is 1.46 bits per heavy atom. The van der Waals surface area contributed by atoms with Crippen LogP contribution < -0.4 is 18.9 Å². The highest BCUT2D eigenvalue weighted by molar-refractivity contribution is 6.32. The minimum Gasteiger partial charge on any atom is -0.491 e. The molecule has 1 aliphatic rings. The highest BCUT2D eigenvalue weighted by atomic mass is 35.5. The van der Waals surface area contributed by atoms with Gasteiger partial charge in [-0.05, 0) is 97.6 Å². The van der Waals surface area contributed by atoms with Crippen LogP contribution in [0.5, 0.6) is 28.9 Å². The molecule has 2 heterocycles. The number of aryl methyl sites for hydroxylation is 1. The van der Waals surface area contributed by atoms with Crippen molar-refractivity contribution in [2.75, 3.05) is 26.2 Å². The third-order valence-electron chi connectivity index (χ3n) is 8.65. The third-order valence-corrected chi connectivity index (χ3v) is 9.30. The van der Waals surface area contributed by atoms with E-state index in [4.69, 9.17) is 42.1 Å². The Morgan fingerprint density at radius 1 is 0.796 bits per heavy atom. The van der Waals surface area contributed by atoms with Crippen LogP contribution in [0.3, 0.4) is 0 Å². The Morgan fingerprint density at radius 3 is 2.13 bits per heavy atom. The predicted molar refractivity (Wildman–Crippen MR) is 217 cm³/mol. The molecule has 1 aromatic heterocycles. The molecule has 0 saturated carbocycles. The monoisotopic (exact) mass is 787 g/mol. The summed E-state index contributed by atoms with van der Waals surface area (Å²) in [6.07, 6.45) is 5.14. The van der Waals surface area contributed by atoms with Crippen LogP contribution >= 0.6 is 35.6 Å². The summed E-state index contributed by atoms with van der Waals surface area (Å²) >= 11 is 12.8. The van der Waals surface area contributed by atoms with Crippen LogP contribution in [0.15, 0.2) is 109 Å². The maximum absolute atomic E-state index is 13.1. The second-order valence-corrected chi connectivity index (χ2v) is 14.0. The van der Waals surface area contributed by atoms with E-state index in [0.29, 0.717) is 53.7 Å². The number of amides is 1. The molecule has 6 rings (SSSR count). The number of piperazine rings is 1. The van der Waals surface area contributed by atoms with Gasteiger partial charge in [-0.15, -0.1) is 12.4 Å². The molecule has 282 valence electrons. The average Bonchev–Trinajstić information content (AvgIpc) is 3.16. The van der Waals surface area contributed by atoms with Crippen LogP contribution in [0.2, 0.25) is 10.0 Å². The van der Waals surface area contributed by atoms with Crippen LogP contribution in [-0.2, 0) is 24.6 Å². The number of aromatic nitrogens is 1. The number of pyridine rings is 1. The van der Waals surface area contributed by atoms with E-state index < -0.39 is 0 Å². The van der Waals surface area contributed by atoms with E-state index in [1.807, 2.05) is 80.3 Å². The zero-order valence-corrected chi connectivity index (χ0v) is 32.9. The van der Waals surface area contributed by atoms with Crippen molar-refractivity contribution in [2.45, 2.75) is 46.6 Å². The molecule has 1 fully saturated rings. The molecular weight excluding hydrogens is 745 g/mol. The maximum Gasteiger partial charge on any atom is 0.246 e. The van der Waals surface area contributed by atoms with Crippen molar-refractivity contribution in [2.24, 2.45) is 0 Å². The van der Waals surface area contributed by atoms with Gasteiger partial charge in [0, 0.05) is 55.5 Å². The van der Waals surface area contributed by atoms with E-state index in [-0.39, 0.29) is 24.4 Å². The summed E-state index contributed by atoms with van der Waals surface area (Å²) in [5.74, 6) is 3.10. The van der Waals surface area contributed by atoms with Crippen molar-refractivity contribution in [3.05, 3.63) is 147 Å². The molecule has 11 heteroatoms. The first-order valence-electron chi connectivity index (χ1n) is 17.7. The molecule has 1 amide bonds. The largest absolute Gasteiger partial charge is 0.491 e. The normalized spacial score (nSPS) is 13.1. The van der Waals surface area contributed by atoms with E-state index in [1.54, 1.807) is 36.5 Å². The van der Waals surface area contributed by atoms with Crippen LogP contribution in [0, 0.1) is 6.92 Å². The number of ether oxygens (including phenoxy) is 4. The second kappa shape index (κ2) is 19.6. The summed E-state index contributed by atoms with van der Waals surface area (Å²) < 4.78 is 23.5. The van der Waals surface area contributed by atoms with Gasteiger partial charge in [-0.3, -0.25) is 9.69 Å². The van der Waals surface area contributed by atoms with Gasteiger partial charge in [-0.25, -0.2) is 4.98 Å². The van der Waals surface area contributed by atoms with Gasteiger partial charge in [0.1, 0.15) is 30.5 Å². The topological polar surface area (TPSA) is 73.4 Å². The van der Waals surface area contributed by atoms with E-state index in [0.717, 1.165) is 53.4 Å². The van der Waals surface area contributed by atoms with Crippen molar-refractivity contribution in [1.82, 2.24) is 14.8 Å². The summed E-state index contributed by atoms with van der Waals surface area (Å²) in [6, 6.07) is 31.0. The number of hydrogen-bond donors (Lipinski definition) is 0. The highest BCUT2D eigenvalue weighted by Gasteiger charge is 2.20. The van der Waals surface area contributed by atoms with Gasteiger partial charge in [0.25, 0.3) is 0 Å². The smallest absolute Gasteiger partial charge is 0.246 e. The lowest BCUT2D eigenvalue weighted by atomic mass is 10.1. The van der Waals surface area contributed by atoms with Gasteiger partial charge in [-0.2, -0.15) is 0 Å². The van der Waals surface area contributed by atoms with Crippen molar-refractivity contribution in [3.8, 4) is 28.9 Å². The fourth-order valence-electron chi connectivity index (χ4n) is 5.83. The SMILES string of the molecule is Cc1cc(/C=C/C(=O)N2CCN(Cc3ccc(COc4ccc(OC(C)C)cc4)cc3)CC2)cc(Cl)c1Oc1ccc(OCc2ccccc2Cl)cn1.Cl. The van der Waals surface area contributed by atoms with E-state index in [9.17, 15) is 4.79 Å². The molecular formula is C43H44Cl3N3O5. The van der Waals surface area contributed by atoms with Crippen molar-refractivity contribution in [1.29, 1.82) is 0 Å². The van der Waals surface area contributed by atoms with E-state index >= 15 is 0 Å². The van der Waals surface area contributed by atoms with Crippen LogP contribution in [-0.4, -0.2) is 53.0 Å². The number of carbonyl (C=O) groups is 1. The summed E-state index contributed by atoms with van der Waals surface area (Å²) in [7, 11) is 0. The summed E-state index contributed by atoms with van der Waals surface area (Å²) in [5, 5.41) is 1.08. The first-order chi connectivity index (χ1) is 25.7. The number of halogens is 3. The molecule has 5 aromatic rings. The summed E-state index contributed by atoms with van der Waals surface area (Å²) in [6.45, 7) is 10.5. The molecule has 0 spiro atoms. The fourth-order valence-corrected chi connectivity index (χ4v) is 6.33. The van der Waals surface area contributed by atoms with Gasteiger partial charge < -0.3 is 23.8 Å². The lowest BCUT2D eigenvalue weighted by Gasteiger charge is -2.34. The number of carbonyl (C=O) groups excluding carboxylic acids is 1. The Balaban J connectivity index is 0.00000561. The second-order valence-electron chi connectivity index (χ2n) is 13.1. The lowest BCUT2D eigenvalue weighted by molar-refractivity contribution is -0.127. The minimum atomic E-state index is -0.0220. The summed E-state index contributed by atoms with van der Waals surface area (Å²) in [5.41, 5.74) is 4.86. The van der Waals surface area contributed by atoms with Crippen LogP contribution in [0.25, 0.3) is 6.08 Å². The molecule has 0 radical (unpaired) electrons. The number of hydrogen-bond acceptors (Lipinski definition) is 7. The Kier molecular flexibility index (Phi) is 14.6. The zero-order valence-electron chi connectivity index (χ0n) is 30.5. The number of rotatable bonds is 14. The first kappa shape index (κ1) is 40.5. The first-order valence-corrected chi connectivity index (χ1v) is 18.4. The minimum absolute atomic E-state index is 0. The standard InChI is InChI=1S/C43H43Cl2N3O5.ClH/c1-30(2)52-37-15-13-36(14-16-37)50-28-33-10-8-32(9-11-33)27-47-20-22-48(23-21-47)42(49)19-12-34-24-31(3)43(40(45)25-34)53-41-18-17-38(26-46-41)51-29-35-6-4-5-7-39(35)44;/h4-19,24-26,30H,20-23,27-29H2,1-3H3;1H/b19-12+;. The van der Waals surface area contributed by atoms with Crippen molar-refractivity contribution >= 4 is 47.6 Å². The third kappa shape index (κ3) is 11.6. The quantitative estimate of drug-likeness (QED) is 0.104. The van der Waals surface area contributed by atoms with Crippen LogP contribution in [0.1, 0.15) is 41.7 Å². The van der Waals surface area contributed by atoms with E-state index in [1.165, 1.54) is 5.56 Å². The predicted octanol–water partition coefficient (Wildman–Crippen LogP) is 10.2. The van der Waals surface area contributed by atoms with Crippen molar-refractivity contribution < 1.29 is 23.7 Å². The summed E-state index contributed by atoms with van der Waals surface area (Å²) in [4.78, 5) is 21.7. The molecule has 54 heavy (non-hydrogen) atoms.